The van der Waals surface area contributed by atoms with Crippen molar-refractivity contribution in [1.82, 2.24) is 15.0 Å². The predicted octanol–water partition coefficient (Wildman–Crippen LogP) is 0.945. The van der Waals surface area contributed by atoms with E-state index in [9.17, 15) is 4.79 Å². The fourth-order valence-electron chi connectivity index (χ4n) is 2.61. The highest BCUT2D eigenvalue weighted by atomic mass is 16.7. The molecule has 0 atom stereocenters. The summed E-state index contributed by atoms with van der Waals surface area (Å²) in [5.41, 5.74) is -0.238. The van der Waals surface area contributed by atoms with E-state index in [-0.39, 0.29) is 11.5 Å². The van der Waals surface area contributed by atoms with Crippen LogP contribution < -0.4 is 0 Å². The zero-order valence-corrected chi connectivity index (χ0v) is 11.7. The van der Waals surface area contributed by atoms with Gasteiger partial charge in [-0.2, -0.15) is 0 Å². The molecule has 2 aliphatic heterocycles. The van der Waals surface area contributed by atoms with Gasteiger partial charge in [-0.25, -0.2) is 0 Å². The van der Waals surface area contributed by atoms with E-state index in [1.165, 1.54) is 6.20 Å². The van der Waals surface area contributed by atoms with Gasteiger partial charge in [0.15, 0.2) is 0 Å². The number of aromatic nitrogens is 1. The largest absolute Gasteiger partial charge is 0.387 e. The highest BCUT2D eigenvalue weighted by molar-refractivity contribution is 5.91. The highest BCUT2D eigenvalue weighted by Crippen LogP contribution is 2.35. The lowest BCUT2D eigenvalue weighted by Gasteiger charge is -2.36. The molecule has 108 valence electrons. The number of hydrogen-bond donors (Lipinski definition) is 0. The van der Waals surface area contributed by atoms with Gasteiger partial charge in [0, 0.05) is 46.1 Å². The molecule has 0 radical (unpaired) electrons. The lowest BCUT2D eigenvalue weighted by molar-refractivity contribution is -0.0572. The Morgan fingerprint density at radius 2 is 2.15 bits per heavy atom. The fourth-order valence-corrected chi connectivity index (χ4v) is 2.61. The molecule has 3 rings (SSSR count). The average molecular weight is 278 g/mol. The molecule has 2 aliphatic rings. The molecule has 0 aromatic carbocycles. The molecular weight excluding hydrogens is 260 g/mol. The van der Waals surface area contributed by atoms with Crippen molar-refractivity contribution in [2.45, 2.75) is 24.9 Å². The van der Waals surface area contributed by atoms with E-state index in [2.05, 4.69) is 10.3 Å². The van der Waals surface area contributed by atoms with Crippen LogP contribution in [0, 0.1) is 0 Å². The molecule has 3 heterocycles. The molecule has 1 aromatic heterocycles. The third-order valence-corrected chi connectivity index (χ3v) is 3.95. The van der Waals surface area contributed by atoms with E-state index in [0.717, 1.165) is 25.1 Å². The molecule has 1 spiro atoms. The Labute approximate surface area is 117 Å². The maximum atomic E-state index is 12.2. The van der Waals surface area contributed by atoms with Gasteiger partial charge in [-0.05, 0) is 0 Å². The SMILES string of the molecule is CN(C)C1=NOC2(CCN(C(=O)c3ccno3)CC2)C1. The number of nitrogens with zero attached hydrogens (tertiary/aromatic N) is 4. The first kappa shape index (κ1) is 13.0. The number of piperidine rings is 1. The Hall–Kier alpha value is -2.05. The maximum absolute atomic E-state index is 12.2. The van der Waals surface area contributed by atoms with Gasteiger partial charge >= 0.3 is 0 Å². The summed E-state index contributed by atoms with van der Waals surface area (Å²) >= 11 is 0. The standard InChI is InChI=1S/C13H18N4O3/c1-16(2)11-9-13(20-15-11)4-7-17(8-5-13)12(18)10-3-6-14-19-10/h3,6H,4-5,7-9H2,1-2H3. The second-order valence-corrected chi connectivity index (χ2v) is 5.52. The average Bonchev–Trinajstić information content (AvgIpc) is 3.09. The number of carbonyl (C=O) groups is 1. The molecule has 0 unspecified atom stereocenters. The van der Waals surface area contributed by atoms with E-state index in [1.807, 2.05) is 19.0 Å². The topological polar surface area (TPSA) is 71.2 Å². The first-order valence-electron chi connectivity index (χ1n) is 6.72. The van der Waals surface area contributed by atoms with Gasteiger partial charge in [0.2, 0.25) is 5.76 Å². The maximum Gasteiger partial charge on any atom is 0.292 e. The summed E-state index contributed by atoms with van der Waals surface area (Å²) in [5, 5.41) is 7.71. The van der Waals surface area contributed by atoms with Crippen LogP contribution in [0.15, 0.2) is 21.9 Å². The van der Waals surface area contributed by atoms with E-state index in [4.69, 9.17) is 9.36 Å². The van der Waals surface area contributed by atoms with Crippen LogP contribution in [0.3, 0.4) is 0 Å². The Balaban J connectivity index is 1.60. The summed E-state index contributed by atoms with van der Waals surface area (Å²) in [5.74, 6) is 1.14. The molecule has 0 saturated carbocycles. The van der Waals surface area contributed by atoms with Crippen LogP contribution in [0.25, 0.3) is 0 Å². The Morgan fingerprint density at radius 3 is 2.70 bits per heavy atom. The number of oxime groups is 1. The quantitative estimate of drug-likeness (QED) is 0.764. The first-order valence-corrected chi connectivity index (χ1v) is 6.72. The van der Waals surface area contributed by atoms with Crippen molar-refractivity contribution in [3.05, 3.63) is 18.0 Å². The van der Waals surface area contributed by atoms with Gasteiger partial charge in [-0.3, -0.25) is 4.79 Å². The fraction of sp³-hybridized carbons (Fsp3) is 0.615. The van der Waals surface area contributed by atoms with Crippen LogP contribution >= 0.6 is 0 Å². The predicted molar refractivity (Wildman–Crippen MR) is 71.2 cm³/mol. The van der Waals surface area contributed by atoms with Crippen LogP contribution in [0.4, 0.5) is 0 Å². The number of carbonyl (C=O) groups excluding carboxylic acids is 1. The molecule has 0 N–H and O–H groups in total. The molecular formula is C13H18N4O3. The molecule has 1 amide bonds. The third-order valence-electron chi connectivity index (χ3n) is 3.95. The van der Waals surface area contributed by atoms with Crippen molar-refractivity contribution in [3.63, 3.8) is 0 Å². The molecule has 7 heteroatoms. The number of amidine groups is 1. The summed E-state index contributed by atoms with van der Waals surface area (Å²) in [6.45, 7) is 1.30. The monoisotopic (exact) mass is 278 g/mol. The van der Waals surface area contributed by atoms with E-state index < -0.39 is 0 Å². The second kappa shape index (κ2) is 4.81. The lowest BCUT2D eigenvalue weighted by atomic mass is 9.88. The normalized spacial score (nSPS) is 20.7. The zero-order chi connectivity index (χ0) is 14.2. The Morgan fingerprint density at radius 1 is 1.40 bits per heavy atom. The Kier molecular flexibility index (Phi) is 3.11. The van der Waals surface area contributed by atoms with E-state index >= 15 is 0 Å². The zero-order valence-electron chi connectivity index (χ0n) is 11.7. The molecule has 0 aliphatic carbocycles. The number of amides is 1. The minimum Gasteiger partial charge on any atom is -0.387 e. The first-order chi connectivity index (χ1) is 9.60. The van der Waals surface area contributed by atoms with Crippen molar-refractivity contribution in [3.8, 4) is 0 Å². The van der Waals surface area contributed by atoms with Crippen molar-refractivity contribution in [1.29, 1.82) is 0 Å². The van der Waals surface area contributed by atoms with Crippen LogP contribution in [0.2, 0.25) is 0 Å². The summed E-state index contributed by atoms with van der Waals surface area (Å²) in [4.78, 5) is 21.6. The third kappa shape index (κ3) is 2.23. The van der Waals surface area contributed by atoms with Crippen molar-refractivity contribution in [2.24, 2.45) is 5.16 Å². The molecule has 1 aromatic rings. The van der Waals surface area contributed by atoms with Crippen LogP contribution in [-0.4, -0.2) is 59.5 Å². The molecule has 7 nitrogen and oxygen atoms in total. The number of likely N-dealkylation sites (tertiary alicyclic amines) is 1. The van der Waals surface area contributed by atoms with E-state index in [1.54, 1.807) is 11.0 Å². The van der Waals surface area contributed by atoms with Crippen molar-refractivity contribution in [2.75, 3.05) is 27.2 Å². The minimum absolute atomic E-state index is 0.107. The van der Waals surface area contributed by atoms with Gasteiger partial charge in [-0.15, -0.1) is 0 Å². The second-order valence-electron chi connectivity index (χ2n) is 5.52. The van der Waals surface area contributed by atoms with Gasteiger partial charge in [-0.1, -0.05) is 10.3 Å². The van der Waals surface area contributed by atoms with Gasteiger partial charge in [0.05, 0.1) is 12.6 Å². The van der Waals surface area contributed by atoms with Gasteiger partial charge < -0.3 is 19.2 Å². The Bertz CT molecular complexity index is 516. The van der Waals surface area contributed by atoms with Crippen LogP contribution in [0.1, 0.15) is 29.8 Å². The van der Waals surface area contributed by atoms with Crippen LogP contribution in [0.5, 0.6) is 0 Å². The number of hydrogen-bond acceptors (Lipinski definition) is 6. The van der Waals surface area contributed by atoms with E-state index in [0.29, 0.717) is 18.8 Å². The smallest absolute Gasteiger partial charge is 0.292 e. The molecule has 0 bridgehead atoms. The molecule has 1 fully saturated rings. The minimum atomic E-state index is -0.238. The van der Waals surface area contributed by atoms with Crippen molar-refractivity contribution >= 4 is 11.7 Å². The summed E-state index contributed by atoms with van der Waals surface area (Å²) in [6, 6.07) is 1.59. The summed E-state index contributed by atoms with van der Waals surface area (Å²) < 4.78 is 4.91. The van der Waals surface area contributed by atoms with Crippen molar-refractivity contribution < 1.29 is 14.2 Å². The lowest BCUT2D eigenvalue weighted by Crippen LogP contribution is -2.47. The summed E-state index contributed by atoms with van der Waals surface area (Å²) in [6.07, 6.45) is 3.86. The van der Waals surface area contributed by atoms with Gasteiger partial charge in [0.1, 0.15) is 11.4 Å². The number of rotatable bonds is 1. The van der Waals surface area contributed by atoms with Gasteiger partial charge in [0.25, 0.3) is 5.91 Å². The molecule has 20 heavy (non-hydrogen) atoms. The molecule has 1 saturated heterocycles. The summed E-state index contributed by atoms with van der Waals surface area (Å²) in [7, 11) is 3.92. The highest BCUT2D eigenvalue weighted by Gasteiger charge is 2.43. The van der Waals surface area contributed by atoms with Crippen LogP contribution in [-0.2, 0) is 4.84 Å².